The number of anilines is 1. The fraction of sp³-hybridized carbons (Fsp3) is 0.0769. The number of halogens is 3. The van der Waals surface area contributed by atoms with Gasteiger partial charge in [0.25, 0.3) is 5.91 Å². The SMILES string of the molecule is Cc1cc(Br)c(F)cc1NC(=O)c1cncc(Br)c1. The number of aryl methyl sites for hydroxylation is 1. The first-order valence-electron chi connectivity index (χ1n) is 5.35. The number of amides is 1. The smallest absolute Gasteiger partial charge is 0.257 e. The maximum atomic E-state index is 13.5. The molecule has 0 saturated heterocycles. The van der Waals surface area contributed by atoms with Crippen molar-refractivity contribution in [3.8, 4) is 0 Å². The van der Waals surface area contributed by atoms with E-state index < -0.39 is 5.82 Å². The van der Waals surface area contributed by atoms with E-state index in [1.54, 1.807) is 25.3 Å². The first-order chi connectivity index (χ1) is 8.97. The van der Waals surface area contributed by atoms with Gasteiger partial charge in [-0.15, -0.1) is 0 Å². The van der Waals surface area contributed by atoms with Crippen LogP contribution in [0, 0.1) is 12.7 Å². The molecule has 98 valence electrons. The maximum Gasteiger partial charge on any atom is 0.257 e. The van der Waals surface area contributed by atoms with E-state index in [1.807, 2.05) is 0 Å². The van der Waals surface area contributed by atoms with Crippen molar-refractivity contribution in [3.63, 3.8) is 0 Å². The van der Waals surface area contributed by atoms with Crippen LogP contribution in [0.4, 0.5) is 10.1 Å². The largest absolute Gasteiger partial charge is 0.322 e. The van der Waals surface area contributed by atoms with Crippen molar-refractivity contribution in [2.75, 3.05) is 5.32 Å². The molecule has 2 rings (SSSR count). The Kier molecular flexibility index (Phi) is 4.31. The van der Waals surface area contributed by atoms with Gasteiger partial charge in [0.1, 0.15) is 5.82 Å². The lowest BCUT2D eigenvalue weighted by Gasteiger charge is -2.09. The Morgan fingerprint density at radius 3 is 2.68 bits per heavy atom. The molecule has 0 aliphatic heterocycles. The number of carbonyl (C=O) groups is 1. The molecule has 0 aliphatic rings. The Morgan fingerprint density at radius 1 is 1.26 bits per heavy atom. The van der Waals surface area contributed by atoms with Gasteiger partial charge in [-0.1, -0.05) is 0 Å². The molecule has 1 amide bonds. The van der Waals surface area contributed by atoms with Crippen LogP contribution < -0.4 is 5.32 Å². The van der Waals surface area contributed by atoms with Gasteiger partial charge in [0.15, 0.2) is 0 Å². The summed E-state index contributed by atoms with van der Waals surface area (Å²) in [5.74, 6) is -0.758. The van der Waals surface area contributed by atoms with Gasteiger partial charge in [-0.05, 0) is 62.5 Å². The summed E-state index contributed by atoms with van der Waals surface area (Å²) in [6.45, 7) is 1.79. The number of benzene rings is 1. The minimum absolute atomic E-state index is 0.335. The highest BCUT2D eigenvalue weighted by molar-refractivity contribution is 9.10. The van der Waals surface area contributed by atoms with Crippen LogP contribution in [0.15, 0.2) is 39.5 Å². The zero-order chi connectivity index (χ0) is 14.0. The molecule has 1 aromatic heterocycles. The number of hydrogen-bond donors (Lipinski definition) is 1. The van der Waals surface area contributed by atoms with Gasteiger partial charge in [0.2, 0.25) is 0 Å². The monoisotopic (exact) mass is 386 g/mol. The summed E-state index contributed by atoms with van der Waals surface area (Å²) in [7, 11) is 0. The lowest BCUT2D eigenvalue weighted by atomic mass is 10.2. The van der Waals surface area contributed by atoms with Crippen LogP contribution in [0.25, 0.3) is 0 Å². The van der Waals surface area contributed by atoms with E-state index in [1.165, 1.54) is 12.3 Å². The molecular weight excluding hydrogens is 379 g/mol. The molecule has 0 atom stereocenters. The Morgan fingerprint density at radius 2 is 2.00 bits per heavy atom. The third-order valence-corrected chi connectivity index (χ3v) is 3.52. The maximum absolute atomic E-state index is 13.5. The third-order valence-electron chi connectivity index (χ3n) is 2.48. The summed E-state index contributed by atoms with van der Waals surface area (Å²) in [6, 6.07) is 4.54. The number of hydrogen-bond acceptors (Lipinski definition) is 2. The molecule has 0 aliphatic carbocycles. The molecule has 0 radical (unpaired) electrons. The first-order valence-corrected chi connectivity index (χ1v) is 6.93. The van der Waals surface area contributed by atoms with Gasteiger partial charge in [0.05, 0.1) is 10.0 Å². The predicted molar refractivity (Wildman–Crippen MR) is 78.7 cm³/mol. The van der Waals surface area contributed by atoms with Crippen molar-refractivity contribution in [3.05, 3.63) is 56.5 Å². The van der Waals surface area contributed by atoms with Crippen LogP contribution in [0.5, 0.6) is 0 Å². The molecule has 0 spiro atoms. The van der Waals surface area contributed by atoms with Crippen molar-refractivity contribution >= 4 is 43.5 Å². The number of rotatable bonds is 2. The van der Waals surface area contributed by atoms with E-state index in [9.17, 15) is 9.18 Å². The van der Waals surface area contributed by atoms with Crippen LogP contribution in [0.1, 0.15) is 15.9 Å². The molecule has 0 bridgehead atoms. The highest BCUT2D eigenvalue weighted by Gasteiger charge is 2.11. The average Bonchev–Trinajstić information content (AvgIpc) is 2.36. The number of nitrogens with zero attached hydrogens (tertiary/aromatic N) is 1. The molecule has 0 saturated carbocycles. The second-order valence-corrected chi connectivity index (χ2v) is 5.70. The molecule has 6 heteroatoms. The molecule has 1 aromatic carbocycles. The molecular formula is C13H9Br2FN2O. The first kappa shape index (κ1) is 14.1. The van der Waals surface area contributed by atoms with Gasteiger partial charge < -0.3 is 5.32 Å². The summed E-state index contributed by atoms with van der Waals surface area (Å²) in [4.78, 5) is 15.9. The molecule has 0 fully saturated rings. The minimum Gasteiger partial charge on any atom is -0.322 e. The van der Waals surface area contributed by atoms with Crippen molar-refractivity contribution in [2.24, 2.45) is 0 Å². The zero-order valence-electron chi connectivity index (χ0n) is 9.88. The van der Waals surface area contributed by atoms with E-state index in [0.29, 0.717) is 20.2 Å². The Balaban J connectivity index is 2.27. The van der Waals surface area contributed by atoms with Crippen LogP contribution in [0.3, 0.4) is 0 Å². The van der Waals surface area contributed by atoms with E-state index in [2.05, 4.69) is 42.2 Å². The average molecular weight is 388 g/mol. The molecule has 1 heterocycles. The summed E-state index contributed by atoms with van der Waals surface area (Å²) in [6.07, 6.45) is 3.03. The van der Waals surface area contributed by atoms with Crippen LogP contribution in [-0.4, -0.2) is 10.9 Å². The van der Waals surface area contributed by atoms with Gasteiger partial charge in [-0.2, -0.15) is 0 Å². The summed E-state index contributed by atoms with van der Waals surface area (Å²) >= 11 is 6.34. The number of aromatic nitrogens is 1. The zero-order valence-corrected chi connectivity index (χ0v) is 13.0. The third kappa shape index (κ3) is 3.39. The second kappa shape index (κ2) is 5.79. The van der Waals surface area contributed by atoms with Crippen LogP contribution in [-0.2, 0) is 0 Å². The van der Waals surface area contributed by atoms with Crippen molar-refractivity contribution in [1.82, 2.24) is 4.98 Å². The fourth-order valence-corrected chi connectivity index (χ4v) is 2.33. The Hall–Kier alpha value is -1.27. The van der Waals surface area contributed by atoms with E-state index in [4.69, 9.17) is 0 Å². The standard InChI is InChI=1S/C13H9Br2FN2O/c1-7-2-10(15)11(16)4-12(7)18-13(19)8-3-9(14)6-17-5-8/h2-6H,1H3,(H,18,19). The summed E-state index contributed by atoms with van der Waals surface area (Å²) in [5, 5.41) is 2.66. The topological polar surface area (TPSA) is 42.0 Å². The van der Waals surface area contributed by atoms with Gasteiger partial charge in [-0.3, -0.25) is 9.78 Å². The van der Waals surface area contributed by atoms with Crippen LogP contribution in [0.2, 0.25) is 0 Å². The lowest BCUT2D eigenvalue weighted by molar-refractivity contribution is 0.102. The van der Waals surface area contributed by atoms with Crippen molar-refractivity contribution in [1.29, 1.82) is 0 Å². The lowest BCUT2D eigenvalue weighted by Crippen LogP contribution is -2.13. The van der Waals surface area contributed by atoms with Crippen molar-refractivity contribution in [2.45, 2.75) is 6.92 Å². The molecule has 3 nitrogen and oxygen atoms in total. The van der Waals surface area contributed by atoms with E-state index in [-0.39, 0.29) is 5.91 Å². The van der Waals surface area contributed by atoms with E-state index in [0.717, 1.165) is 5.56 Å². The quantitative estimate of drug-likeness (QED) is 0.834. The van der Waals surface area contributed by atoms with Gasteiger partial charge in [-0.25, -0.2) is 4.39 Å². The molecule has 2 aromatic rings. The second-order valence-electron chi connectivity index (χ2n) is 3.93. The van der Waals surface area contributed by atoms with Crippen molar-refractivity contribution < 1.29 is 9.18 Å². The molecule has 19 heavy (non-hydrogen) atoms. The predicted octanol–water partition coefficient (Wildman–Crippen LogP) is 4.31. The normalized spacial score (nSPS) is 10.3. The van der Waals surface area contributed by atoms with Crippen LogP contribution >= 0.6 is 31.9 Å². The summed E-state index contributed by atoms with van der Waals surface area (Å²) < 4.78 is 14.5. The Labute approximate surface area is 126 Å². The molecule has 1 N–H and O–H groups in total. The number of carbonyl (C=O) groups excluding carboxylic acids is 1. The Bertz CT molecular complexity index is 647. The summed E-state index contributed by atoms with van der Waals surface area (Å²) in [5.41, 5.74) is 1.60. The fourth-order valence-electron chi connectivity index (χ4n) is 1.51. The minimum atomic E-state index is -0.423. The number of pyridine rings is 1. The van der Waals surface area contributed by atoms with E-state index >= 15 is 0 Å². The van der Waals surface area contributed by atoms with Gasteiger partial charge >= 0.3 is 0 Å². The highest BCUT2D eigenvalue weighted by Crippen LogP contribution is 2.24. The number of nitrogens with one attached hydrogen (secondary N) is 1. The van der Waals surface area contributed by atoms with Gasteiger partial charge in [0, 0.05) is 22.6 Å². The highest BCUT2D eigenvalue weighted by atomic mass is 79.9. The molecule has 0 unspecified atom stereocenters.